The van der Waals surface area contributed by atoms with Gasteiger partial charge < -0.3 is 4.90 Å². The molecule has 2 saturated carbocycles. The summed E-state index contributed by atoms with van der Waals surface area (Å²) in [5.41, 5.74) is 1.34. The second-order valence-corrected chi connectivity index (χ2v) is 6.50. The molecule has 20 heavy (non-hydrogen) atoms. The van der Waals surface area contributed by atoms with Crippen molar-refractivity contribution in [3.05, 3.63) is 35.9 Å². The van der Waals surface area contributed by atoms with Gasteiger partial charge in [-0.05, 0) is 43.6 Å². The van der Waals surface area contributed by atoms with Crippen LogP contribution >= 0.6 is 0 Å². The van der Waals surface area contributed by atoms with E-state index < -0.39 is 0 Å². The first-order valence-corrected chi connectivity index (χ1v) is 7.94. The van der Waals surface area contributed by atoms with Gasteiger partial charge in [0.15, 0.2) is 0 Å². The van der Waals surface area contributed by atoms with Gasteiger partial charge in [-0.15, -0.1) is 0 Å². The molecule has 1 aromatic rings. The lowest BCUT2D eigenvalue weighted by atomic mass is 10.0. The average molecular weight is 270 g/mol. The Morgan fingerprint density at radius 2 is 1.80 bits per heavy atom. The molecule has 3 fully saturated rings. The van der Waals surface area contributed by atoms with Crippen LogP contribution in [0.15, 0.2) is 30.3 Å². The van der Waals surface area contributed by atoms with E-state index in [9.17, 15) is 4.79 Å². The summed E-state index contributed by atoms with van der Waals surface area (Å²) >= 11 is 0. The van der Waals surface area contributed by atoms with Gasteiger partial charge in [0.25, 0.3) is 0 Å². The lowest BCUT2D eigenvalue weighted by Gasteiger charge is -2.23. The molecule has 1 amide bonds. The van der Waals surface area contributed by atoms with E-state index in [2.05, 4.69) is 40.5 Å². The molecule has 2 atom stereocenters. The second kappa shape index (κ2) is 4.88. The van der Waals surface area contributed by atoms with Gasteiger partial charge in [0.1, 0.15) is 0 Å². The van der Waals surface area contributed by atoms with E-state index in [0.29, 0.717) is 18.0 Å². The molecule has 2 unspecified atom stereocenters. The average Bonchev–Trinajstić information content (AvgIpc) is 3.37. The van der Waals surface area contributed by atoms with Crippen molar-refractivity contribution in [3.8, 4) is 0 Å². The molecule has 1 heterocycles. The third-order valence-corrected chi connectivity index (χ3v) is 4.86. The van der Waals surface area contributed by atoms with Crippen molar-refractivity contribution < 1.29 is 4.79 Å². The van der Waals surface area contributed by atoms with E-state index in [0.717, 1.165) is 18.9 Å². The number of carbonyl (C=O) groups excluding carboxylic acids is 1. The Bertz CT molecular complexity index is 493. The summed E-state index contributed by atoms with van der Waals surface area (Å²) in [4.78, 5) is 14.6. The fraction of sp³-hybridized carbons (Fsp3) is 0.588. The lowest BCUT2D eigenvalue weighted by molar-refractivity contribution is -0.130. The number of carbonyl (C=O) groups is 1. The standard InChI is InChI=1S/C17H22N2O/c20-17-15(10-11-19(17)14-8-9-14)18-16(13-6-7-13)12-4-2-1-3-5-12/h1-5,13-16,18H,6-11H2. The van der Waals surface area contributed by atoms with Crippen LogP contribution in [0.4, 0.5) is 0 Å². The van der Waals surface area contributed by atoms with Gasteiger partial charge in [-0.25, -0.2) is 0 Å². The van der Waals surface area contributed by atoms with E-state index in [1.807, 2.05) is 0 Å². The molecule has 3 aliphatic rings. The van der Waals surface area contributed by atoms with Gasteiger partial charge in [0.05, 0.1) is 6.04 Å². The Kier molecular flexibility index (Phi) is 3.03. The minimum atomic E-state index is 0.0430. The van der Waals surface area contributed by atoms with Gasteiger partial charge >= 0.3 is 0 Å². The molecule has 0 aromatic heterocycles. The molecule has 4 rings (SSSR count). The first-order valence-electron chi connectivity index (χ1n) is 7.94. The molecule has 1 N–H and O–H groups in total. The van der Waals surface area contributed by atoms with E-state index in [1.165, 1.54) is 31.2 Å². The van der Waals surface area contributed by atoms with E-state index >= 15 is 0 Å². The molecule has 3 nitrogen and oxygen atoms in total. The van der Waals surface area contributed by atoms with Crippen LogP contribution < -0.4 is 5.32 Å². The maximum absolute atomic E-state index is 12.5. The van der Waals surface area contributed by atoms with Crippen LogP contribution in [0.5, 0.6) is 0 Å². The Hall–Kier alpha value is -1.35. The highest BCUT2D eigenvalue weighted by molar-refractivity contribution is 5.84. The summed E-state index contributed by atoms with van der Waals surface area (Å²) in [7, 11) is 0. The number of likely N-dealkylation sites (tertiary alicyclic amines) is 1. The minimum absolute atomic E-state index is 0.0430. The van der Waals surface area contributed by atoms with Gasteiger partial charge in [0.2, 0.25) is 5.91 Å². The zero-order chi connectivity index (χ0) is 13.5. The molecular formula is C17H22N2O. The van der Waals surface area contributed by atoms with Crippen LogP contribution in [0.1, 0.15) is 43.7 Å². The summed E-state index contributed by atoms with van der Waals surface area (Å²) < 4.78 is 0. The number of nitrogens with one attached hydrogen (secondary N) is 1. The van der Waals surface area contributed by atoms with Gasteiger partial charge in [-0.1, -0.05) is 30.3 Å². The van der Waals surface area contributed by atoms with Crippen molar-refractivity contribution in [2.75, 3.05) is 6.54 Å². The van der Waals surface area contributed by atoms with Crippen molar-refractivity contribution in [3.63, 3.8) is 0 Å². The molecule has 1 aliphatic heterocycles. The molecule has 0 spiro atoms. The Morgan fingerprint density at radius 1 is 1.05 bits per heavy atom. The van der Waals surface area contributed by atoms with Crippen molar-refractivity contribution in [2.24, 2.45) is 5.92 Å². The number of hydrogen-bond acceptors (Lipinski definition) is 2. The number of rotatable bonds is 5. The highest BCUT2D eigenvalue weighted by atomic mass is 16.2. The van der Waals surface area contributed by atoms with Crippen molar-refractivity contribution in [2.45, 2.75) is 50.2 Å². The molecule has 3 heteroatoms. The van der Waals surface area contributed by atoms with Crippen LogP contribution in [0.25, 0.3) is 0 Å². The summed E-state index contributed by atoms with van der Waals surface area (Å²) in [6, 6.07) is 11.6. The Labute approximate surface area is 120 Å². The summed E-state index contributed by atoms with van der Waals surface area (Å²) in [5, 5.41) is 3.67. The van der Waals surface area contributed by atoms with Crippen LogP contribution in [0.2, 0.25) is 0 Å². The van der Waals surface area contributed by atoms with Crippen molar-refractivity contribution in [1.82, 2.24) is 10.2 Å². The lowest BCUT2D eigenvalue weighted by Crippen LogP contribution is -2.41. The number of benzene rings is 1. The fourth-order valence-electron chi connectivity index (χ4n) is 3.42. The predicted octanol–water partition coefficient (Wildman–Crippen LogP) is 2.49. The Balaban J connectivity index is 1.47. The first-order chi connectivity index (χ1) is 9.83. The topological polar surface area (TPSA) is 32.3 Å². The summed E-state index contributed by atoms with van der Waals surface area (Å²) in [5.74, 6) is 1.06. The van der Waals surface area contributed by atoms with Gasteiger partial charge in [-0.3, -0.25) is 10.1 Å². The number of hydrogen-bond donors (Lipinski definition) is 1. The predicted molar refractivity (Wildman–Crippen MR) is 78.2 cm³/mol. The third kappa shape index (κ3) is 2.35. The quantitative estimate of drug-likeness (QED) is 0.891. The highest BCUT2D eigenvalue weighted by Gasteiger charge is 2.42. The van der Waals surface area contributed by atoms with Crippen LogP contribution in [-0.4, -0.2) is 29.4 Å². The minimum Gasteiger partial charge on any atom is -0.338 e. The third-order valence-electron chi connectivity index (χ3n) is 4.86. The number of nitrogens with zero attached hydrogens (tertiary/aromatic N) is 1. The molecular weight excluding hydrogens is 248 g/mol. The van der Waals surface area contributed by atoms with Crippen LogP contribution in [0.3, 0.4) is 0 Å². The maximum atomic E-state index is 12.5. The fourth-order valence-corrected chi connectivity index (χ4v) is 3.42. The molecule has 1 aromatic carbocycles. The monoisotopic (exact) mass is 270 g/mol. The summed E-state index contributed by atoms with van der Waals surface area (Å²) in [6.07, 6.45) is 5.98. The first kappa shape index (κ1) is 12.4. The molecule has 0 bridgehead atoms. The van der Waals surface area contributed by atoms with E-state index in [1.54, 1.807) is 0 Å². The number of amides is 1. The van der Waals surface area contributed by atoms with Crippen molar-refractivity contribution >= 4 is 5.91 Å². The zero-order valence-electron chi connectivity index (χ0n) is 11.8. The highest BCUT2D eigenvalue weighted by Crippen LogP contribution is 2.42. The SMILES string of the molecule is O=C1C(NC(c2ccccc2)C2CC2)CCN1C1CC1. The molecule has 1 saturated heterocycles. The van der Waals surface area contributed by atoms with Gasteiger partial charge in [-0.2, -0.15) is 0 Å². The van der Waals surface area contributed by atoms with Crippen LogP contribution in [0, 0.1) is 5.92 Å². The Morgan fingerprint density at radius 3 is 2.45 bits per heavy atom. The molecule has 0 radical (unpaired) electrons. The smallest absolute Gasteiger partial charge is 0.240 e. The largest absolute Gasteiger partial charge is 0.338 e. The maximum Gasteiger partial charge on any atom is 0.240 e. The van der Waals surface area contributed by atoms with Crippen LogP contribution in [-0.2, 0) is 4.79 Å². The molecule has 2 aliphatic carbocycles. The van der Waals surface area contributed by atoms with E-state index in [4.69, 9.17) is 0 Å². The van der Waals surface area contributed by atoms with Crippen molar-refractivity contribution in [1.29, 1.82) is 0 Å². The van der Waals surface area contributed by atoms with E-state index in [-0.39, 0.29) is 6.04 Å². The second-order valence-electron chi connectivity index (χ2n) is 6.50. The molecule has 106 valence electrons. The van der Waals surface area contributed by atoms with Gasteiger partial charge in [0, 0.05) is 18.6 Å². The zero-order valence-corrected chi connectivity index (χ0v) is 11.8. The summed E-state index contributed by atoms with van der Waals surface area (Å²) in [6.45, 7) is 0.952. The normalized spacial score (nSPS) is 27.9.